The quantitative estimate of drug-likeness (QED) is 0.369. The normalized spacial score (nSPS) is 10.5. The largest absolute Gasteiger partial charge is 0.495 e. The molecule has 0 saturated carbocycles. The lowest BCUT2D eigenvalue weighted by Crippen LogP contribution is -2.25. The molecule has 0 aliphatic heterocycles. The lowest BCUT2D eigenvalue weighted by Gasteiger charge is -2.09. The molecule has 0 bridgehead atoms. The van der Waals surface area contributed by atoms with Crippen molar-refractivity contribution >= 4 is 15.7 Å². The van der Waals surface area contributed by atoms with E-state index >= 15 is 0 Å². The molecule has 0 saturated heterocycles. The minimum Gasteiger partial charge on any atom is -0.495 e. The Kier molecular flexibility index (Phi) is 5.49. The first-order chi connectivity index (χ1) is 9.42. The van der Waals surface area contributed by atoms with E-state index in [9.17, 15) is 18.5 Å². The third-order valence-electron chi connectivity index (χ3n) is 2.37. The lowest BCUT2D eigenvalue weighted by atomic mass is 10.3. The van der Waals surface area contributed by atoms with E-state index in [1.807, 2.05) is 0 Å². The SMILES string of the molecule is CC#CCCNS(=O)(=O)c1cc([N+](=O)[O-])ccc1OC. The van der Waals surface area contributed by atoms with Gasteiger partial charge in [0.25, 0.3) is 5.69 Å². The summed E-state index contributed by atoms with van der Waals surface area (Å²) in [6.45, 7) is 1.77. The Labute approximate surface area is 117 Å². The summed E-state index contributed by atoms with van der Waals surface area (Å²) in [5.41, 5.74) is -0.320. The molecule has 108 valence electrons. The van der Waals surface area contributed by atoms with Crippen molar-refractivity contribution in [2.45, 2.75) is 18.2 Å². The molecule has 0 heterocycles. The molecule has 0 unspecified atom stereocenters. The van der Waals surface area contributed by atoms with Crippen LogP contribution in [0.15, 0.2) is 23.1 Å². The number of nitro benzene ring substituents is 1. The Bertz CT molecular complexity index is 658. The number of sulfonamides is 1. The molecule has 0 fully saturated rings. The van der Waals surface area contributed by atoms with Gasteiger partial charge in [-0.25, -0.2) is 13.1 Å². The molecule has 1 N–H and O–H groups in total. The highest BCUT2D eigenvalue weighted by Gasteiger charge is 2.22. The zero-order chi connectivity index (χ0) is 15.2. The van der Waals surface area contributed by atoms with Crippen molar-refractivity contribution in [3.63, 3.8) is 0 Å². The van der Waals surface area contributed by atoms with Gasteiger partial charge < -0.3 is 4.74 Å². The molecule has 8 heteroatoms. The van der Waals surface area contributed by atoms with E-state index < -0.39 is 14.9 Å². The van der Waals surface area contributed by atoms with Crippen molar-refractivity contribution in [3.8, 4) is 17.6 Å². The van der Waals surface area contributed by atoms with E-state index in [-0.39, 0.29) is 22.9 Å². The standard InChI is InChI=1S/C12H14N2O5S/c1-3-4-5-8-13-20(17,18)12-9-10(14(15)16)6-7-11(12)19-2/h6-7,9,13H,5,8H2,1-2H3. The van der Waals surface area contributed by atoms with Gasteiger partial charge in [-0.2, -0.15) is 0 Å². The molecule has 1 aromatic carbocycles. The smallest absolute Gasteiger partial charge is 0.271 e. The Morgan fingerprint density at radius 1 is 1.45 bits per heavy atom. The van der Waals surface area contributed by atoms with Gasteiger partial charge in [0, 0.05) is 25.1 Å². The average Bonchev–Trinajstić information content (AvgIpc) is 2.42. The van der Waals surface area contributed by atoms with Gasteiger partial charge in [-0.1, -0.05) is 0 Å². The van der Waals surface area contributed by atoms with E-state index in [1.165, 1.54) is 19.2 Å². The third kappa shape index (κ3) is 3.94. The van der Waals surface area contributed by atoms with Crippen molar-refractivity contribution in [1.29, 1.82) is 0 Å². The van der Waals surface area contributed by atoms with E-state index in [0.29, 0.717) is 6.42 Å². The summed E-state index contributed by atoms with van der Waals surface area (Å²) in [6, 6.07) is 3.39. The van der Waals surface area contributed by atoms with Gasteiger partial charge in [0.2, 0.25) is 10.0 Å². The number of nitrogens with zero attached hydrogens (tertiary/aromatic N) is 1. The van der Waals surface area contributed by atoms with Crippen LogP contribution in [0.25, 0.3) is 0 Å². The van der Waals surface area contributed by atoms with Gasteiger partial charge >= 0.3 is 0 Å². The number of nitrogens with one attached hydrogen (secondary N) is 1. The van der Waals surface area contributed by atoms with Crippen LogP contribution in [0.5, 0.6) is 5.75 Å². The third-order valence-corrected chi connectivity index (χ3v) is 3.85. The van der Waals surface area contributed by atoms with Crippen molar-refractivity contribution in [2.24, 2.45) is 0 Å². The maximum Gasteiger partial charge on any atom is 0.271 e. The molecule has 7 nitrogen and oxygen atoms in total. The molecule has 0 aromatic heterocycles. The first-order valence-corrected chi connectivity index (χ1v) is 7.12. The molecular formula is C12H14N2O5S. The highest BCUT2D eigenvalue weighted by atomic mass is 32.2. The number of hydrogen-bond acceptors (Lipinski definition) is 5. The fraction of sp³-hybridized carbons (Fsp3) is 0.333. The predicted molar refractivity (Wildman–Crippen MR) is 72.9 cm³/mol. The summed E-state index contributed by atoms with van der Waals surface area (Å²) in [5, 5.41) is 10.7. The number of hydrogen-bond donors (Lipinski definition) is 1. The molecule has 1 aromatic rings. The molecule has 0 atom stereocenters. The van der Waals surface area contributed by atoms with E-state index in [4.69, 9.17) is 4.74 Å². The van der Waals surface area contributed by atoms with Crippen molar-refractivity contribution < 1.29 is 18.1 Å². The summed E-state index contributed by atoms with van der Waals surface area (Å²) in [7, 11) is -2.59. The monoisotopic (exact) mass is 298 g/mol. The van der Waals surface area contributed by atoms with Crippen LogP contribution in [-0.4, -0.2) is 27.0 Å². The van der Waals surface area contributed by atoms with E-state index in [1.54, 1.807) is 6.92 Å². The summed E-state index contributed by atoms with van der Waals surface area (Å²) in [6.07, 6.45) is 0.354. The van der Waals surface area contributed by atoms with Crippen molar-refractivity contribution in [3.05, 3.63) is 28.3 Å². The van der Waals surface area contributed by atoms with Crippen LogP contribution < -0.4 is 9.46 Å². The second-order valence-electron chi connectivity index (χ2n) is 3.67. The molecule has 1 rings (SSSR count). The number of non-ortho nitro benzene ring substituents is 1. The van der Waals surface area contributed by atoms with Crippen LogP contribution >= 0.6 is 0 Å². The number of nitro groups is 1. The topological polar surface area (TPSA) is 98.5 Å². The highest BCUT2D eigenvalue weighted by Crippen LogP contribution is 2.27. The Hall–Kier alpha value is -2.11. The fourth-order valence-electron chi connectivity index (χ4n) is 1.44. The first kappa shape index (κ1) is 15.9. The zero-order valence-electron chi connectivity index (χ0n) is 11.0. The maximum absolute atomic E-state index is 12.1. The molecule has 0 spiro atoms. The number of ether oxygens (including phenoxy) is 1. The number of benzene rings is 1. The summed E-state index contributed by atoms with van der Waals surface area (Å²) in [4.78, 5) is 9.78. The van der Waals surface area contributed by atoms with Crippen LogP contribution in [0.3, 0.4) is 0 Å². The molecule has 20 heavy (non-hydrogen) atoms. The molecular weight excluding hydrogens is 284 g/mol. The Morgan fingerprint density at radius 3 is 2.70 bits per heavy atom. The minimum absolute atomic E-state index is 0.0460. The van der Waals surface area contributed by atoms with Crippen LogP contribution in [0, 0.1) is 22.0 Å². The van der Waals surface area contributed by atoms with Gasteiger partial charge in [-0.05, 0) is 13.0 Å². The van der Waals surface area contributed by atoms with Crippen molar-refractivity contribution in [2.75, 3.05) is 13.7 Å². The molecule has 0 aliphatic rings. The Morgan fingerprint density at radius 2 is 2.15 bits per heavy atom. The van der Waals surface area contributed by atoms with Gasteiger partial charge in [0.15, 0.2) is 0 Å². The summed E-state index contributed by atoms with van der Waals surface area (Å²) < 4.78 is 31.4. The Balaban J connectivity index is 3.10. The highest BCUT2D eigenvalue weighted by molar-refractivity contribution is 7.89. The predicted octanol–water partition coefficient (Wildman–Crippen LogP) is 1.30. The van der Waals surface area contributed by atoms with Crippen molar-refractivity contribution in [1.82, 2.24) is 4.72 Å². The molecule has 0 amide bonds. The van der Waals surface area contributed by atoms with Gasteiger partial charge in [-0.3, -0.25) is 10.1 Å². The van der Waals surface area contributed by atoms with Crippen LogP contribution in [0.4, 0.5) is 5.69 Å². The fourth-order valence-corrected chi connectivity index (χ4v) is 2.66. The molecule has 0 aliphatic carbocycles. The van der Waals surface area contributed by atoms with Gasteiger partial charge in [0.05, 0.1) is 12.0 Å². The summed E-state index contributed by atoms with van der Waals surface area (Å²) >= 11 is 0. The van der Waals surface area contributed by atoms with Crippen LogP contribution in [-0.2, 0) is 10.0 Å². The number of rotatable bonds is 6. The second kappa shape index (κ2) is 6.88. The summed E-state index contributed by atoms with van der Waals surface area (Å²) in [5.74, 6) is 5.40. The van der Waals surface area contributed by atoms with Gasteiger partial charge in [-0.15, -0.1) is 11.8 Å². The van der Waals surface area contributed by atoms with E-state index in [2.05, 4.69) is 16.6 Å². The van der Waals surface area contributed by atoms with E-state index in [0.717, 1.165) is 6.07 Å². The number of methoxy groups -OCH3 is 1. The average molecular weight is 298 g/mol. The lowest BCUT2D eigenvalue weighted by molar-refractivity contribution is -0.385. The maximum atomic E-state index is 12.1. The first-order valence-electron chi connectivity index (χ1n) is 5.64. The minimum atomic E-state index is -3.89. The molecule has 0 radical (unpaired) electrons. The van der Waals surface area contributed by atoms with Gasteiger partial charge in [0.1, 0.15) is 10.6 Å². The second-order valence-corrected chi connectivity index (χ2v) is 5.40. The zero-order valence-corrected chi connectivity index (χ0v) is 11.9. The van der Waals surface area contributed by atoms with Crippen LogP contribution in [0.2, 0.25) is 0 Å². The van der Waals surface area contributed by atoms with Crippen LogP contribution in [0.1, 0.15) is 13.3 Å².